The van der Waals surface area contributed by atoms with Gasteiger partial charge in [-0.1, -0.05) is 0 Å². The van der Waals surface area contributed by atoms with E-state index in [0.29, 0.717) is 28.6 Å². The van der Waals surface area contributed by atoms with Gasteiger partial charge >= 0.3 is 6.03 Å². The molecule has 1 aliphatic heterocycles. The monoisotopic (exact) mass is 441 g/mol. The molecule has 0 saturated heterocycles. The number of methoxy groups -OCH3 is 2. The van der Waals surface area contributed by atoms with Crippen molar-refractivity contribution in [1.82, 2.24) is 14.5 Å². The number of aryl methyl sites for hydroxylation is 1. The minimum atomic E-state index is -0.321. The van der Waals surface area contributed by atoms with Gasteiger partial charge in [0.25, 0.3) is 5.56 Å². The SMILES string of the molecule is COc1cc(OC)cc(N2Cc3cnc(Cl)nc3N(Cc3ccn(C)c(=O)c3)C2=O)c1. The molecule has 2 amide bonds. The summed E-state index contributed by atoms with van der Waals surface area (Å²) in [5.41, 5.74) is 1.81. The van der Waals surface area contributed by atoms with E-state index in [9.17, 15) is 9.59 Å². The largest absolute Gasteiger partial charge is 0.497 e. The summed E-state index contributed by atoms with van der Waals surface area (Å²) >= 11 is 6.01. The van der Waals surface area contributed by atoms with Crippen LogP contribution in [0.5, 0.6) is 11.5 Å². The van der Waals surface area contributed by atoms with E-state index in [-0.39, 0.29) is 30.0 Å². The van der Waals surface area contributed by atoms with Crippen LogP contribution >= 0.6 is 11.6 Å². The van der Waals surface area contributed by atoms with E-state index in [1.165, 1.54) is 15.5 Å². The average molecular weight is 442 g/mol. The number of halogens is 1. The number of nitrogens with zero attached hydrogens (tertiary/aromatic N) is 5. The summed E-state index contributed by atoms with van der Waals surface area (Å²) in [6.45, 7) is 0.390. The van der Waals surface area contributed by atoms with Crippen molar-refractivity contribution in [2.24, 2.45) is 7.05 Å². The number of hydrogen-bond acceptors (Lipinski definition) is 6. The van der Waals surface area contributed by atoms with Crippen LogP contribution in [0.2, 0.25) is 5.28 Å². The van der Waals surface area contributed by atoms with Gasteiger partial charge < -0.3 is 14.0 Å². The molecule has 3 aromatic rings. The van der Waals surface area contributed by atoms with E-state index in [4.69, 9.17) is 21.1 Å². The van der Waals surface area contributed by atoms with Gasteiger partial charge in [-0.05, 0) is 23.2 Å². The van der Waals surface area contributed by atoms with Gasteiger partial charge in [-0.25, -0.2) is 9.78 Å². The van der Waals surface area contributed by atoms with Crippen molar-refractivity contribution in [3.8, 4) is 11.5 Å². The molecule has 160 valence electrons. The van der Waals surface area contributed by atoms with E-state index in [2.05, 4.69) is 9.97 Å². The van der Waals surface area contributed by atoms with E-state index >= 15 is 0 Å². The molecule has 9 nitrogen and oxygen atoms in total. The number of hydrogen-bond donors (Lipinski definition) is 0. The average Bonchev–Trinajstić information content (AvgIpc) is 2.77. The number of amides is 2. The number of ether oxygens (including phenoxy) is 2. The van der Waals surface area contributed by atoms with Crippen LogP contribution in [0.1, 0.15) is 11.1 Å². The Labute approximate surface area is 183 Å². The molecular weight excluding hydrogens is 422 g/mol. The molecule has 0 fully saturated rings. The van der Waals surface area contributed by atoms with Crippen LogP contribution in [0.15, 0.2) is 47.5 Å². The minimum Gasteiger partial charge on any atom is -0.497 e. The van der Waals surface area contributed by atoms with E-state index in [0.717, 1.165) is 5.56 Å². The van der Waals surface area contributed by atoms with Crippen molar-refractivity contribution in [3.05, 3.63) is 69.5 Å². The molecular formula is C21H20ClN5O4. The maximum atomic E-state index is 13.5. The van der Waals surface area contributed by atoms with Crippen molar-refractivity contribution >= 4 is 29.1 Å². The standard InChI is InChI=1S/C21H20ClN5O4/c1-25-5-4-13(6-18(25)28)11-27-19-14(10-23-20(22)24-19)12-26(21(27)29)15-7-16(30-2)9-17(8-15)31-3/h4-10H,11-12H2,1-3H3. The number of benzene rings is 1. The second-order valence-electron chi connectivity index (χ2n) is 7.00. The highest BCUT2D eigenvalue weighted by Crippen LogP contribution is 2.35. The molecule has 2 aromatic heterocycles. The Morgan fingerprint density at radius 2 is 1.81 bits per heavy atom. The van der Waals surface area contributed by atoms with Crippen LogP contribution in [-0.2, 0) is 20.1 Å². The lowest BCUT2D eigenvalue weighted by Gasteiger charge is -2.36. The lowest BCUT2D eigenvalue weighted by molar-refractivity contribution is 0.249. The first-order valence-corrected chi connectivity index (χ1v) is 9.76. The first kappa shape index (κ1) is 20.7. The molecule has 10 heteroatoms. The Hall–Kier alpha value is -3.59. The van der Waals surface area contributed by atoms with Crippen molar-refractivity contribution in [2.45, 2.75) is 13.1 Å². The van der Waals surface area contributed by atoms with Crippen LogP contribution in [0.25, 0.3) is 0 Å². The van der Waals surface area contributed by atoms with Crippen LogP contribution in [-0.4, -0.2) is 34.8 Å². The third-order valence-electron chi connectivity index (χ3n) is 5.02. The normalized spacial score (nSPS) is 13.2. The number of urea groups is 1. The van der Waals surface area contributed by atoms with Gasteiger partial charge in [0.2, 0.25) is 5.28 Å². The van der Waals surface area contributed by atoms with Gasteiger partial charge in [0.15, 0.2) is 0 Å². The molecule has 0 spiro atoms. The number of fused-ring (bicyclic) bond motifs is 1. The van der Waals surface area contributed by atoms with E-state index in [1.54, 1.807) is 62.8 Å². The third kappa shape index (κ3) is 4.04. The molecule has 31 heavy (non-hydrogen) atoms. The van der Waals surface area contributed by atoms with Gasteiger partial charge in [-0.15, -0.1) is 0 Å². The maximum Gasteiger partial charge on any atom is 0.330 e. The smallest absolute Gasteiger partial charge is 0.330 e. The number of carbonyl (C=O) groups is 1. The van der Waals surface area contributed by atoms with Crippen LogP contribution < -0.4 is 24.8 Å². The summed E-state index contributed by atoms with van der Waals surface area (Å²) in [6, 6.07) is 8.18. The molecule has 0 radical (unpaired) electrons. The molecule has 0 aliphatic carbocycles. The lowest BCUT2D eigenvalue weighted by atomic mass is 10.1. The lowest BCUT2D eigenvalue weighted by Crippen LogP contribution is -2.47. The molecule has 4 rings (SSSR count). The molecule has 0 bridgehead atoms. The fourth-order valence-corrected chi connectivity index (χ4v) is 3.49. The first-order chi connectivity index (χ1) is 14.9. The second-order valence-corrected chi connectivity index (χ2v) is 7.34. The molecule has 1 aromatic carbocycles. The number of rotatable bonds is 5. The summed E-state index contributed by atoms with van der Waals surface area (Å²) in [4.78, 5) is 37.0. The number of anilines is 2. The Balaban J connectivity index is 1.79. The number of pyridine rings is 1. The summed E-state index contributed by atoms with van der Waals surface area (Å²) in [7, 11) is 4.76. The summed E-state index contributed by atoms with van der Waals surface area (Å²) in [6.07, 6.45) is 3.25. The maximum absolute atomic E-state index is 13.5. The third-order valence-corrected chi connectivity index (χ3v) is 5.20. The van der Waals surface area contributed by atoms with Gasteiger partial charge in [0.1, 0.15) is 17.3 Å². The van der Waals surface area contributed by atoms with Crippen LogP contribution in [0.3, 0.4) is 0 Å². The number of aromatic nitrogens is 3. The van der Waals surface area contributed by atoms with Gasteiger partial charge in [0.05, 0.1) is 33.0 Å². The predicted molar refractivity (Wildman–Crippen MR) is 116 cm³/mol. The Morgan fingerprint density at radius 3 is 2.45 bits per heavy atom. The second kappa shape index (κ2) is 8.27. The summed E-state index contributed by atoms with van der Waals surface area (Å²) < 4.78 is 12.2. The van der Waals surface area contributed by atoms with Gasteiger partial charge in [-0.3, -0.25) is 14.6 Å². The molecule has 0 N–H and O–H groups in total. The Bertz CT molecular complexity index is 1190. The first-order valence-electron chi connectivity index (χ1n) is 9.38. The highest BCUT2D eigenvalue weighted by atomic mass is 35.5. The van der Waals surface area contributed by atoms with Crippen molar-refractivity contribution in [2.75, 3.05) is 24.0 Å². The molecule has 1 aliphatic rings. The zero-order valence-corrected chi connectivity index (χ0v) is 18.0. The quantitative estimate of drug-likeness (QED) is 0.565. The Kier molecular flexibility index (Phi) is 5.51. The van der Waals surface area contributed by atoms with E-state index in [1.807, 2.05) is 0 Å². The van der Waals surface area contributed by atoms with Gasteiger partial charge in [-0.2, -0.15) is 4.98 Å². The highest BCUT2D eigenvalue weighted by molar-refractivity contribution is 6.28. The predicted octanol–water partition coefficient (Wildman–Crippen LogP) is 2.99. The Morgan fingerprint density at radius 1 is 1.10 bits per heavy atom. The topological polar surface area (TPSA) is 89.8 Å². The summed E-state index contributed by atoms with van der Waals surface area (Å²) in [5.74, 6) is 1.52. The molecule has 3 heterocycles. The van der Waals surface area contributed by atoms with Gasteiger partial charge in [0, 0.05) is 49.3 Å². The fraction of sp³-hybridized carbons (Fsp3) is 0.238. The summed E-state index contributed by atoms with van der Waals surface area (Å²) in [5, 5.41) is 0.0389. The zero-order valence-electron chi connectivity index (χ0n) is 17.2. The zero-order chi connectivity index (χ0) is 22.1. The van der Waals surface area contributed by atoms with Crippen LogP contribution in [0, 0.1) is 0 Å². The molecule has 0 saturated carbocycles. The minimum absolute atomic E-state index is 0.0389. The number of carbonyl (C=O) groups excluding carboxylic acids is 1. The van der Waals surface area contributed by atoms with Crippen molar-refractivity contribution < 1.29 is 14.3 Å². The van der Waals surface area contributed by atoms with Crippen molar-refractivity contribution in [3.63, 3.8) is 0 Å². The molecule has 0 atom stereocenters. The van der Waals surface area contributed by atoms with E-state index < -0.39 is 0 Å². The molecule has 0 unspecified atom stereocenters. The fourth-order valence-electron chi connectivity index (χ4n) is 3.36. The highest BCUT2D eigenvalue weighted by Gasteiger charge is 2.33. The van der Waals surface area contributed by atoms with Crippen molar-refractivity contribution in [1.29, 1.82) is 0 Å². The van der Waals surface area contributed by atoms with Crippen LogP contribution in [0.4, 0.5) is 16.3 Å².